The maximum Gasteiger partial charge on any atom is 0.153 e. The summed E-state index contributed by atoms with van der Waals surface area (Å²) in [5, 5.41) is 7.16. The molecule has 2 unspecified atom stereocenters. The number of H-pyrrole nitrogens is 1. The maximum absolute atomic E-state index is 5.84. The van der Waals surface area contributed by atoms with Crippen LogP contribution >= 0.6 is 0 Å². The Morgan fingerprint density at radius 1 is 1.54 bits per heavy atom. The van der Waals surface area contributed by atoms with Crippen LogP contribution in [-0.2, 0) is 6.42 Å². The minimum Gasteiger partial charge on any atom is -0.328 e. The van der Waals surface area contributed by atoms with Gasteiger partial charge in [0.25, 0.3) is 0 Å². The smallest absolute Gasteiger partial charge is 0.153 e. The molecule has 1 aromatic heterocycles. The molecule has 0 radical (unpaired) electrons. The number of nitrogens with one attached hydrogen (secondary N) is 1. The molecule has 0 spiro atoms. The Bertz CT molecular complexity index is 281. The van der Waals surface area contributed by atoms with Crippen molar-refractivity contribution < 1.29 is 0 Å². The molecule has 13 heavy (non-hydrogen) atoms. The molecule has 0 aliphatic heterocycles. The molecule has 0 aromatic carbocycles. The topological polar surface area (TPSA) is 67.6 Å². The minimum atomic E-state index is 0.355. The SMILES string of the molecule is CCc1nc(C2CCC(N)C2)n[nH]1. The number of aromatic nitrogens is 3. The standard InChI is InChI=1S/C9H16N4/c1-2-8-11-9(13-12-8)6-3-4-7(10)5-6/h6-7H,2-5,10H2,1H3,(H,11,12,13). The molecule has 4 heteroatoms. The highest BCUT2D eigenvalue weighted by atomic mass is 15.2. The average Bonchev–Trinajstić information content (AvgIpc) is 2.71. The quantitative estimate of drug-likeness (QED) is 0.712. The molecule has 1 saturated carbocycles. The van der Waals surface area contributed by atoms with Gasteiger partial charge >= 0.3 is 0 Å². The number of hydrogen-bond donors (Lipinski definition) is 2. The van der Waals surface area contributed by atoms with Gasteiger partial charge in [0.15, 0.2) is 5.82 Å². The lowest BCUT2D eigenvalue weighted by atomic mass is 10.1. The summed E-state index contributed by atoms with van der Waals surface area (Å²) < 4.78 is 0. The van der Waals surface area contributed by atoms with E-state index in [1.807, 2.05) is 0 Å². The van der Waals surface area contributed by atoms with Crippen LogP contribution in [0.3, 0.4) is 0 Å². The van der Waals surface area contributed by atoms with Gasteiger partial charge in [0.05, 0.1) is 0 Å². The lowest BCUT2D eigenvalue weighted by Gasteiger charge is -2.02. The lowest BCUT2D eigenvalue weighted by Crippen LogP contribution is -2.14. The zero-order chi connectivity index (χ0) is 9.26. The summed E-state index contributed by atoms with van der Waals surface area (Å²) in [5.41, 5.74) is 5.84. The van der Waals surface area contributed by atoms with E-state index in [0.717, 1.165) is 37.3 Å². The van der Waals surface area contributed by atoms with Gasteiger partial charge in [-0.3, -0.25) is 5.10 Å². The fourth-order valence-electron chi connectivity index (χ4n) is 1.90. The van der Waals surface area contributed by atoms with E-state index in [1.165, 1.54) is 0 Å². The molecule has 1 aliphatic rings. The van der Waals surface area contributed by atoms with Crippen LogP contribution in [0.1, 0.15) is 43.8 Å². The van der Waals surface area contributed by atoms with E-state index in [0.29, 0.717) is 12.0 Å². The fraction of sp³-hybridized carbons (Fsp3) is 0.778. The van der Waals surface area contributed by atoms with Gasteiger partial charge in [0, 0.05) is 18.4 Å². The molecule has 3 N–H and O–H groups in total. The highest BCUT2D eigenvalue weighted by molar-refractivity contribution is 5.02. The van der Waals surface area contributed by atoms with E-state index >= 15 is 0 Å². The van der Waals surface area contributed by atoms with Crippen molar-refractivity contribution >= 4 is 0 Å². The van der Waals surface area contributed by atoms with Crippen molar-refractivity contribution in [3.8, 4) is 0 Å². The Morgan fingerprint density at radius 3 is 2.92 bits per heavy atom. The highest BCUT2D eigenvalue weighted by Crippen LogP contribution is 2.31. The Morgan fingerprint density at radius 2 is 2.38 bits per heavy atom. The molecule has 2 rings (SSSR count). The lowest BCUT2D eigenvalue weighted by molar-refractivity contribution is 0.645. The van der Waals surface area contributed by atoms with Gasteiger partial charge in [-0.25, -0.2) is 4.98 Å². The summed E-state index contributed by atoms with van der Waals surface area (Å²) in [6.45, 7) is 2.07. The second-order valence-electron chi connectivity index (χ2n) is 3.76. The van der Waals surface area contributed by atoms with Crippen molar-refractivity contribution in [2.24, 2.45) is 5.73 Å². The highest BCUT2D eigenvalue weighted by Gasteiger charge is 2.25. The van der Waals surface area contributed by atoms with Gasteiger partial charge in [-0.1, -0.05) is 6.92 Å². The van der Waals surface area contributed by atoms with E-state index in [9.17, 15) is 0 Å². The van der Waals surface area contributed by atoms with Gasteiger partial charge in [0.2, 0.25) is 0 Å². The van der Waals surface area contributed by atoms with E-state index in [2.05, 4.69) is 22.1 Å². The first-order valence-corrected chi connectivity index (χ1v) is 4.96. The normalized spacial score (nSPS) is 28.2. The van der Waals surface area contributed by atoms with Crippen molar-refractivity contribution in [1.29, 1.82) is 0 Å². The summed E-state index contributed by atoms with van der Waals surface area (Å²) in [7, 11) is 0. The summed E-state index contributed by atoms with van der Waals surface area (Å²) >= 11 is 0. The Balaban J connectivity index is 2.08. The zero-order valence-electron chi connectivity index (χ0n) is 7.95. The first-order chi connectivity index (χ1) is 6.29. The van der Waals surface area contributed by atoms with E-state index in [4.69, 9.17) is 5.73 Å². The van der Waals surface area contributed by atoms with E-state index in [-0.39, 0.29) is 0 Å². The maximum atomic E-state index is 5.84. The fourth-order valence-corrected chi connectivity index (χ4v) is 1.90. The van der Waals surface area contributed by atoms with Crippen molar-refractivity contribution in [1.82, 2.24) is 15.2 Å². The van der Waals surface area contributed by atoms with E-state index in [1.54, 1.807) is 0 Å². The first-order valence-electron chi connectivity index (χ1n) is 4.96. The van der Waals surface area contributed by atoms with Crippen LogP contribution in [0.2, 0.25) is 0 Å². The second kappa shape index (κ2) is 3.46. The molecule has 72 valence electrons. The van der Waals surface area contributed by atoms with Crippen molar-refractivity contribution in [2.45, 2.75) is 44.6 Å². The number of rotatable bonds is 2. The minimum absolute atomic E-state index is 0.355. The van der Waals surface area contributed by atoms with Crippen LogP contribution in [-0.4, -0.2) is 21.2 Å². The number of aromatic amines is 1. The van der Waals surface area contributed by atoms with Crippen LogP contribution < -0.4 is 5.73 Å². The Labute approximate surface area is 77.9 Å². The molecule has 0 saturated heterocycles. The van der Waals surface area contributed by atoms with E-state index < -0.39 is 0 Å². The van der Waals surface area contributed by atoms with Crippen molar-refractivity contribution in [3.05, 3.63) is 11.6 Å². The number of nitrogens with two attached hydrogens (primary N) is 1. The van der Waals surface area contributed by atoms with Crippen LogP contribution in [0.5, 0.6) is 0 Å². The number of aryl methyl sites for hydroxylation is 1. The Kier molecular flexibility index (Phi) is 2.31. The molecule has 4 nitrogen and oxygen atoms in total. The third-order valence-electron chi connectivity index (χ3n) is 2.72. The van der Waals surface area contributed by atoms with Crippen molar-refractivity contribution in [2.75, 3.05) is 0 Å². The number of hydrogen-bond acceptors (Lipinski definition) is 3. The molecule has 1 heterocycles. The summed E-state index contributed by atoms with van der Waals surface area (Å²) in [6.07, 6.45) is 4.22. The molecular formula is C9H16N4. The summed E-state index contributed by atoms with van der Waals surface area (Å²) in [4.78, 5) is 4.42. The summed E-state index contributed by atoms with van der Waals surface area (Å²) in [6, 6.07) is 0.355. The van der Waals surface area contributed by atoms with Crippen LogP contribution in [0.25, 0.3) is 0 Å². The van der Waals surface area contributed by atoms with Crippen LogP contribution in [0.4, 0.5) is 0 Å². The predicted molar refractivity (Wildman–Crippen MR) is 50.3 cm³/mol. The van der Waals surface area contributed by atoms with Gasteiger partial charge in [0.1, 0.15) is 5.82 Å². The van der Waals surface area contributed by atoms with Gasteiger partial charge in [-0.2, -0.15) is 5.10 Å². The molecule has 1 aliphatic carbocycles. The van der Waals surface area contributed by atoms with Gasteiger partial charge < -0.3 is 5.73 Å². The monoisotopic (exact) mass is 180 g/mol. The van der Waals surface area contributed by atoms with Gasteiger partial charge in [-0.05, 0) is 19.3 Å². The molecule has 0 bridgehead atoms. The average molecular weight is 180 g/mol. The van der Waals surface area contributed by atoms with Crippen LogP contribution in [0, 0.1) is 0 Å². The molecule has 1 aromatic rings. The second-order valence-corrected chi connectivity index (χ2v) is 3.76. The third-order valence-corrected chi connectivity index (χ3v) is 2.72. The van der Waals surface area contributed by atoms with Crippen LogP contribution in [0.15, 0.2) is 0 Å². The summed E-state index contributed by atoms with van der Waals surface area (Å²) in [5.74, 6) is 2.44. The molecule has 1 fully saturated rings. The molecule has 2 atom stereocenters. The molecular weight excluding hydrogens is 164 g/mol. The zero-order valence-corrected chi connectivity index (χ0v) is 7.95. The number of nitrogens with zero attached hydrogens (tertiary/aromatic N) is 2. The Hall–Kier alpha value is -0.900. The molecule has 0 amide bonds. The predicted octanol–water partition coefficient (Wildman–Crippen LogP) is 0.962. The van der Waals surface area contributed by atoms with Gasteiger partial charge in [-0.15, -0.1) is 0 Å². The first kappa shape index (κ1) is 8.69. The van der Waals surface area contributed by atoms with Crippen molar-refractivity contribution in [3.63, 3.8) is 0 Å². The largest absolute Gasteiger partial charge is 0.328 e. The third kappa shape index (κ3) is 1.72.